The Kier molecular flexibility index (Phi) is 4.45. The molecule has 0 atom stereocenters. The minimum absolute atomic E-state index is 0.252. The predicted octanol–water partition coefficient (Wildman–Crippen LogP) is 4.76. The summed E-state index contributed by atoms with van der Waals surface area (Å²) in [4.78, 5) is 21.0. The van der Waals surface area contributed by atoms with E-state index in [9.17, 15) is 9.18 Å². The number of aromatic nitrogens is 2. The summed E-state index contributed by atoms with van der Waals surface area (Å²) in [6, 6.07) is 19.0. The number of carbonyl (C=O) groups excluding carboxylic acids is 1. The molecule has 0 aliphatic rings. The highest BCUT2D eigenvalue weighted by Crippen LogP contribution is 2.22. The molecule has 0 saturated carbocycles. The lowest BCUT2D eigenvalue weighted by Gasteiger charge is -2.09. The minimum atomic E-state index is -0.359. The quantitative estimate of drug-likeness (QED) is 0.552. The van der Waals surface area contributed by atoms with Crippen molar-refractivity contribution in [3.05, 3.63) is 90.6 Å². The fourth-order valence-corrected chi connectivity index (χ4v) is 2.71. The van der Waals surface area contributed by atoms with E-state index in [0.29, 0.717) is 22.6 Å². The molecule has 0 unspecified atom stereocenters. The maximum Gasteiger partial charge on any atom is 0.274 e. The summed E-state index contributed by atoms with van der Waals surface area (Å²) in [7, 11) is 0. The predicted molar refractivity (Wildman–Crippen MR) is 104 cm³/mol. The maximum atomic E-state index is 13.7. The van der Waals surface area contributed by atoms with E-state index in [1.54, 1.807) is 42.6 Å². The lowest BCUT2D eigenvalue weighted by atomic mass is 10.2. The van der Waals surface area contributed by atoms with Gasteiger partial charge in [0.05, 0.1) is 28.8 Å². The third-order valence-electron chi connectivity index (χ3n) is 4.03. The number of carbonyl (C=O) groups is 1. The Morgan fingerprint density at radius 2 is 1.67 bits per heavy atom. The highest BCUT2D eigenvalue weighted by atomic mass is 19.1. The van der Waals surface area contributed by atoms with Crippen molar-refractivity contribution >= 4 is 33.9 Å². The number of halogens is 1. The minimum Gasteiger partial charge on any atom is -0.352 e. The number of rotatable bonds is 4. The normalized spacial score (nSPS) is 10.6. The van der Waals surface area contributed by atoms with Crippen LogP contribution in [0.2, 0.25) is 0 Å². The van der Waals surface area contributed by atoms with E-state index in [2.05, 4.69) is 20.6 Å². The molecule has 4 rings (SSSR count). The van der Waals surface area contributed by atoms with Crippen molar-refractivity contribution in [2.45, 2.75) is 0 Å². The van der Waals surface area contributed by atoms with Crippen LogP contribution in [0, 0.1) is 5.82 Å². The number of hydrogen-bond donors (Lipinski definition) is 2. The smallest absolute Gasteiger partial charge is 0.274 e. The van der Waals surface area contributed by atoms with Crippen LogP contribution in [0.15, 0.2) is 79.1 Å². The molecular formula is C21H15FN4O. The zero-order valence-corrected chi connectivity index (χ0v) is 14.2. The molecular weight excluding hydrogens is 343 g/mol. The Balaban J connectivity index is 1.52. The Bertz CT molecular complexity index is 1110. The first-order valence-corrected chi connectivity index (χ1v) is 8.33. The number of amides is 1. The zero-order chi connectivity index (χ0) is 18.6. The Hall–Kier alpha value is -3.80. The van der Waals surface area contributed by atoms with Gasteiger partial charge in [0.15, 0.2) is 0 Å². The van der Waals surface area contributed by atoms with Gasteiger partial charge in [-0.3, -0.25) is 9.78 Å². The molecule has 0 fully saturated rings. The summed E-state index contributed by atoms with van der Waals surface area (Å²) in [5, 5.41) is 6.71. The number of nitrogens with one attached hydrogen (secondary N) is 2. The summed E-state index contributed by atoms with van der Waals surface area (Å²) in [6.45, 7) is 0. The summed E-state index contributed by atoms with van der Waals surface area (Å²) in [6.07, 6.45) is 3.17. The third-order valence-corrected chi connectivity index (χ3v) is 4.03. The van der Waals surface area contributed by atoms with Crippen molar-refractivity contribution in [3.8, 4) is 0 Å². The molecule has 4 aromatic rings. The lowest BCUT2D eigenvalue weighted by Crippen LogP contribution is -2.14. The van der Waals surface area contributed by atoms with Crippen molar-refractivity contribution in [2.24, 2.45) is 0 Å². The number of benzene rings is 2. The molecule has 2 aromatic carbocycles. The summed E-state index contributed by atoms with van der Waals surface area (Å²) in [5.74, 6) is -0.701. The van der Waals surface area contributed by atoms with Crippen LogP contribution in [-0.4, -0.2) is 15.9 Å². The summed E-state index contributed by atoms with van der Waals surface area (Å²) in [5.41, 5.74) is 2.52. The third kappa shape index (κ3) is 3.59. The van der Waals surface area contributed by atoms with Crippen LogP contribution in [0.4, 0.5) is 21.5 Å². The number of pyridine rings is 2. The van der Waals surface area contributed by atoms with Gasteiger partial charge in [-0.1, -0.05) is 30.3 Å². The van der Waals surface area contributed by atoms with Gasteiger partial charge in [-0.2, -0.15) is 0 Å². The maximum absolute atomic E-state index is 13.7. The zero-order valence-electron chi connectivity index (χ0n) is 14.2. The SMILES string of the molecule is O=C(Nc1cccc2cccnc12)c1ccc(Nc2ccccc2F)cn1. The van der Waals surface area contributed by atoms with Crippen molar-refractivity contribution in [2.75, 3.05) is 10.6 Å². The fraction of sp³-hybridized carbons (Fsp3) is 0. The summed E-state index contributed by atoms with van der Waals surface area (Å²) >= 11 is 0. The van der Waals surface area contributed by atoms with Gasteiger partial charge >= 0.3 is 0 Å². The van der Waals surface area contributed by atoms with Crippen LogP contribution in [0.3, 0.4) is 0 Å². The van der Waals surface area contributed by atoms with Gasteiger partial charge in [-0.25, -0.2) is 9.37 Å². The fourth-order valence-electron chi connectivity index (χ4n) is 2.71. The van der Waals surface area contributed by atoms with E-state index in [-0.39, 0.29) is 17.4 Å². The number of fused-ring (bicyclic) bond motifs is 1. The van der Waals surface area contributed by atoms with Crippen molar-refractivity contribution in [3.63, 3.8) is 0 Å². The number of hydrogen-bond acceptors (Lipinski definition) is 4. The van der Waals surface area contributed by atoms with E-state index in [1.165, 1.54) is 12.3 Å². The summed E-state index contributed by atoms with van der Waals surface area (Å²) < 4.78 is 13.7. The Labute approximate surface area is 154 Å². The highest BCUT2D eigenvalue weighted by molar-refractivity contribution is 6.07. The molecule has 0 aliphatic heterocycles. The molecule has 0 radical (unpaired) electrons. The van der Waals surface area contributed by atoms with Gasteiger partial charge < -0.3 is 10.6 Å². The molecule has 2 heterocycles. The van der Waals surface area contributed by atoms with Crippen LogP contribution in [0.25, 0.3) is 10.9 Å². The number of anilines is 3. The molecule has 0 aliphatic carbocycles. The Morgan fingerprint density at radius 1 is 0.852 bits per heavy atom. The van der Waals surface area contributed by atoms with E-state index >= 15 is 0 Å². The van der Waals surface area contributed by atoms with Gasteiger partial charge in [0, 0.05) is 11.6 Å². The first kappa shape index (κ1) is 16.7. The molecule has 2 N–H and O–H groups in total. The molecule has 27 heavy (non-hydrogen) atoms. The van der Waals surface area contributed by atoms with Crippen LogP contribution in [0.5, 0.6) is 0 Å². The van der Waals surface area contributed by atoms with E-state index in [1.807, 2.05) is 24.3 Å². The number of nitrogens with zero attached hydrogens (tertiary/aromatic N) is 2. The first-order valence-electron chi connectivity index (χ1n) is 8.33. The lowest BCUT2D eigenvalue weighted by molar-refractivity contribution is 0.102. The first-order chi connectivity index (χ1) is 13.2. The molecule has 132 valence electrons. The molecule has 0 spiro atoms. The van der Waals surface area contributed by atoms with Crippen LogP contribution in [-0.2, 0) is 0 Å². The topological polar surface area (TPSA) is 66.9 Å². The largest absolute Gasteiger partial charge is 0.352 e. The van der Waals surface area contributed by atoms with Crippen LogP contribution < -0.4 is 10.6 Å². The number of para-hydroxylation sites is 2. The Morgan fingerprint density at radius 3 is 2.48 bits per heavy atom. The second kappa shape index (κ2) is 7.21. The monoisotopic (exact) mass is 358 g/mol. The van der Waals surface area contributed by atoms with Gasteiger partial charge in [-0.15, -0.1) is 0 Å². The van der Waals surface area contributed by atoms with Gasteiger partial charge in [0.2, 0.25) is 0 Å². The molecule has 0 bridgehead atoms. The van der Waals surface area contributed by atoms with E-state index in [0.717, 1.165) is 5.39 Å². The highest BCUT2D eigenvalue weighted by Gasteiger charge is 2.10. The molecule has 0 saturated heterocycles. The average Bonchev–Trinajstić information content (AvgIpc) is 2.70. The van der Waals surface area contributed by atoms with Gasteiger partial charge in [0.25, 0.3) is 5.91 Å². The van der Waals surface area contributed by atoms with Crippen LogP contribution >= 0.6 is 0 Å². The van der Waals surface area contributed by atoms with Crippen molar-refractivity contribution in [1.82, 2.24) is 9.97 Å². The second-order valence-electron chi connectivity index (χ2n) is 5.87. The van der Waals surface area contributed by atoms with Gasteiger partial charge in [-0.05, 0) is 36.4 Å². The van der Waals surface area contributed by atoms with E-state index < -0.39 is 0 Å². The second-order valence-corrected chi connectivity index (χ2v) is 5.87. The molecule has 6 heteroatoms. The average molecular weight is 358 g/mol. The van der Waals surface area contributed by atoms with Crippen molar-refractivity contribution in [1.29, 1.82) is 0 Å². The molecule has 2 aromatic heterocycles. The molecule has 5 nitrogen and oxygen atoms in total. The standard InChI is InChI=1S/C21H15FN4O/c22-16-7-1-2-8-17(16)25-15-10-11-19(24-13-15)21(27)26-18-9-3-5-14-6-4-12-23-20(14)18/h1-13,25H,(H,26,27). The molecule has 1 amide bonds. The van der Waals surface area contributed by atoms with E-state index in [4.69, 9.17) is 0 Å². The van der Waals surface area contributed by atoms with Gasteiger partial charge in [0.1, 0.15) is 11.5 Å². The van der Waals surface area contributed by atoms with Crippen molar-refractivity contribution < 1.29 is 9.18 Å². The van der Waals surface area contributed by atoms with Crippen LogP contribution in [0.1, 0.15) is 10.5 Å².